The Labute approximate surface area is 195 Å². The SMILES string of the molecule is O=C(CN(Cc1ccc(O)cc1)Cc1ccco1)N1N=C(c2ccco2)C[C@H]1c1cccs1. The largest absolute Gasteiger partial charge is 0.508 e. The topological polar surface area (TPSA) is 82.4 Å². The molecule has 33 heavy (non-hydrogen) atoms. The summed E-state index contributed by atoms with van der Waals surface area (Å²) in [4.78, 5) is 16.6. The van der Waals surface area contributed by atoms with Crippen molar-refractivity contribution in [2.75, 3.05) is 6.54 Å². The lowest BCUT2D eigenvalue weighted by molar-refractivity contribution is -0.134. The van der Waals surface area contributed by atoms with E-state index in [1.807, 2.05) is 58.8 Å². The smallest absolute Gasteiger partial charge is 0.257 e. The first-order valence-corrected chi connectivity index (χ1v) is 11.5. The molecule has 3 aromatic heterocycles. The number of benzene rings is 1. The van der Waals surface area contributed by atoms with Crippen LogP contribution in [-0.2, 0) is 17.9 Å². The summed E-state index contributed by atoms with van der Waals surface area (Å²) >= 11 is 1.62. The van der Waals surface area contributed by atoms with Gasteiger partial charge in [0.2, 0.25) is 0 Å². The van der Waals surface area contributed by atoms with Gasteiger partial charge in [-0.2, -0.15) is 5.10 Å². The van der Waals surface area contributed by atoms with Crippen molar-refractivity contribution in [3.63, 3.8) is 0 Å². The van der Waals surface area contributed by atoms with Gasteiger partial charge in [0.1, 0.15) is 23.0 Å². The Bertz CT molecular complexity index is 1200. The van der Waals surface area contributed by atoms with Crippen molar-refractivity contribution in [1.29, 1.82) is 0 Å². The van der Waals surface area contributed by atoms with Crippen LogP contribution >= 0.6 is 11.3 Å². The lowest BCUT2D eigenvalue weighted by Crippen LogP contribution is -2.37. The molecule has 4 aromatic rings. The van der Waals surface area contributed by atoms with Gasteiger partial charge in [-0.05, 0) is 53.4 Å². The normalized spacial score (nSPS) is 15.8. The van der Waals surface area contributed by atoms with Crippen LogP contribution in [0, 0.1) is 0 Å². The lowest BCUT2D eigenvalue weighted by Gasteiger charge is -2.26. The summed E-state index contributed by atoms with van der Waals surface area (Å²) in [6, 6.07) is 18.3. The number of carbonyl (C=O) groups is 1. The van der Waals surface area contributed by atoms with E-state index in [4.69, 9.17) is 8.83 Å². The van der Waals surface area contributed by atoms with Gasteiger partial charge in [0.15, 0.2) is 0 Å². The van der Waals surface area contributed by atoms with E-state index in [0.29, 0.717) is 25.3 Å². The molecule has 0 unspecified atom stereocenters. The summed E-state index contributed by atoms with van der Waals surface area (Å²) in [6.45, 7) is 1.17. The van der Waals surface area contributed by atoms with Crippen molar-refractivity contribution in [3.05, 3.63) is 101 Å². The molecule has 0 radical (unpaired) electrons. The molecule has 0 spiro atoms. The quantitative estimate of drug-likeness (QED) is 0.398. The Kier molecular flexibility index (Phi) is 6.10. The van der Waals surface area contributed by atoms with Crippen molar-refractivity contribution in [2.45, 2.75) is 25.6 Å². The predicted octanol–water partition coefficient (Wildman–Crippen LogP) is 5.02. The zero-order valence-electron chi connectivity index (χ0n) is 17.8. The molecule has 7 nitrogen and oxygen atoms in total. The third-order valence-corrected chi connectivity index (χ3v) is 6.48. The van der Waals surface area contributed by atoms with Gasteiger partial charge in [-0.25, -0.2) is 5.01 Å². The molecule has 0 aliphatic carbocycles. The molecular formula is C25H23N3O4S. The molecule has 0 bridgehead atoms. The molecule has 0 fully saturated rings. The zero-order chi connectivity index (χ0) is 22.6. The van der Waals surface area contributed by atoms with Gasteiger partial charge in [0.25, 0.3) is 5.91 Å². The molecule has 1 atom stereocenters. The van der Waals surface area contributed by atoms with Crippen molar-refractivity contribution in [2.24, 2.45) is 5.10 Å². The standard InChI is InChI=1S/C25H23N3O4S/c29-19-9-7-18(8-10-19)15-27(16-20-4-1-11-31-20)17-25(30)28-22(24-6-3-13-33-24)14-21(26-28)23-5-2-12-32-23/h1-13,22,29H,14-17H2/t22-/m0/s1. The molecule has 1 N–H and O–H groups in total. The van der Waals surface area contributed by atoms with E-state index in [0.717, 1.165) is 21.9 Å². The number of hydrogen-bond acceptors (Lipinski definition) is 7. The Morgan fingerprint density at radius 3 is 2.58 bits per heavy atom. The van der Waals surface area contributed by atoms with E-state index in [1.165, 1.54) is 0 Å². The zero-order valence-corrected chi connectivity index (χ0v) is 18.6. The number of hydrogen-bond donors (Lipinski definition) is 1. The minimum absolute atomic E-state index is 0.0970. The van der Waals surface area contributed by atoms with Gasteiger partial charge in [0.05, 0.1) is 31.7 Å². The molecule has 8 heteroatoms. The molecule has 168 valence electrons. The molecule has 0 saturated carbocycles. The number of hydrazone groups is 1. The molecule has 1 aliphatic rings. The number of phenolic OH excluding ortho intramolecular Hbond substituents is 1. The third kappa shape index (κ3) is 4.92. The Balaban J connectivity index is 1.38. The van der Waals surface area contributed by atoms with Gasteiger partial charge < -0.3 is 13.9 Å². The van der Waals surface area contributed by atoms with Crippen molar-refractivity contribution >= 4 is 23.0 Å². The fourth-order valence-corrected chi connectivity index (χ4v) is 4.76. The maximum absolute atomic E-state index is 13.5. The molecule has 0 saturated heterocycles. The predicted molar refractivity (Wildman–Crippen MR) is 125 cm³/mol. The average molecular weight is 462 g/mol. The maximum atomic E-state index is 13.5. The molecule has 5 rings (SSSR count). The summed E-state index contributed by atoms with van der Waals surface area (Å²) < 4.78 is 11.1. The minimum atomic E-state index is -0.156. The summed E-state index contributed by atoms with van der Waals surface area (Å²) in [6.07, 6.45) is 3.85. The molecule has 1 amide bonds. The van der Waals surface area contributed by atoms with E-state index in [2.05, 4.69) is 5.10 Å². The fraction of sp³-hybridized carbons (Fsp3) is 0.200. The average Bonchev–Trinajstić information content (AvgIpc) is 3.62. The van der Waals surface area contributed by atoms with Gasteiger partial charge in [-0.1, -0.05) is 18.2 Å². The first kappa shape index (κ1) is 21.2. The van der Waals surface area contributed by atoms with Crippen LogP contribution in [0.3, 0.4) is 0 Å². The summed E-state index contributed by atoms with van der Waals surface area (Å²) in [5, 5.41) is 17.9. The van der Waals surface area contributed by atoms with E-state index in [1.54, 1.807) is 41.0 Å². The Morgan fingerprint density at radius 1 is 1.06 bits per heavy atom. The molecular weight excluding hydrogens is 438 g/mol. The molecule has 1 aromatic carbocycles. The summed E-state index contributed by atoms with van der Waals surface area (Å²) in [5.41, 5.74) is 1.76. The van der Waals surface area contributed by atoms with Gasteiger partial charge in [-0.15, -0.1) is 11.3 Å². The van der Waals surface area contributed by atoms with Crippen molar-refractivity contribution < 1.29 is 18.7 Å². The van der Waals surface area contributed by atoms with Gasteiger partial charge >= 0.3 is 0 Å². The van der Waals surface area contributed by atoms with E-state index < -0.39 is 0 Å². The number of nitrogens with zero attached hydrogens (tertiary/aromatic N) is 3. The second kappa shape index (κ2) is 9.48. The number of amides is 1. The molecule has 1 aliphatic heterocycles. The van der Waals surface area contributed by atoms with Crippen molar-refractivity contribution in [3.8, 4) is 5.75 Å². The second-order valence-corrected chi connectivity index (χ2v) is 8.87. The molecule has 4 heterocycles. The van der Waals surface area contributed by atoms with E-state index in [9.17, 15) is 9.90 Å². The first-order chi connectivity index (χ1) is 16.2. The van der Waals surface area contributed by atoms with Crippen LogP contribution in [0.1, 0.15) is 34.4 Å². The second-order valence-electron chi connectivity index (χ2n) is 7.89. The lowest BCUT2D eigenvalue weighted by atomic mass is 10.1. The third-order valence-electron chi connectivity index (χ3n) is 5.50. The number of rotatable bonds is 8. The van der Waals surface area contributed by atoms with E-state index >= 15 is 0 Å². The Hall–Kier alpha value is -3.62. The summed E-state index contributed by atoms with van der Waals surface area (Å²) in [7, 11) is 0. The number of furan rings is 2. The van der Waals surface area contributed by atoms with Crippen LogP contribution in [0.5, 0.6) is 5.75 Å². The highest BCUT2D eigenvalue weighted by atomic mass is 32.1. The van der Waals surface area contributed by atoms with Crippen LogP contribution in [-0.4, -0.2) is 33.2 Å². The number of carbonyl (C=O) groups excluding carboxylic acids is 1. The number of phenols is 1. The monoisotopic (exact) mass is 461 g/mol. The van der Waals surface area contributed by atoms with Crippen LogP contribution in [0.15, 0.2) is 92.5 Å². The minimum Gasteiger partial charge on any atom is -0.508 e. The van der Waals surface area contributed by atoms with Crippen LogP contribution in [0.2, 0.25) is 0 Å². The van der Waals surface area contributed by atoms with E-state index in [-0.39, 0.29) is 24.2 Å². The summed E-state index contributed by atoms with van der Waals surface area (Å²) in [5.74, 6) is 1.57. The first-order valence-electron chi connectivity index (χ1n) is 10.6. The van der Waals surface area contributed by atoms with Gasteiger partial charge in [-0.3, -0.25) is 9.69 Å². The highest BCUT2D eigenvalue weighted by Crippen LogP contribution is 2.35. The highest BCUT2D eigenvalue weighted by molar-refractivity contribution is 7.10. The number of aromatic hydroxyl groups is 1. The Morgan fingerprint density at radius 2 is 1.88 bits per heavy atom. The number of thiophene rings is 1. The highest BCUT2D eigenvalue weighted by Gasteiger charge is 2.35. The van der Waals surface area contributed by atoms with Crippen molar-refractivity contribution in [1.82, 2.24) is 9.91 Å². The van der Waals surface area contributed by atoms with Gasteiger partial charge in [0, 0.05) is 17.8 Å². The van der Waals surface area contributed by atoms with Crippen LogP contribution in [0.4, 0.5) is 0 Å². The maximum Gasteiger partial charge on any atom is 0.257 e. The fourth-order valence-electron chi connectivity index (χ4n) is 3.95. The van der Waals surface area contributed by atoms with Crippen LogP contribution < -0.4 is 0 Å². The van der Waals surface area contributed by atoms with Crippen LogP contribution in [0.25, 0.3) is 0 Å².